The molecule has 0 aromatic heterocycles. The van der Waals surface area contributed by atoms with E-state index in [4.69, 9.17) is 0 Å². The van der Waals surface area contributed by atoms with Gasteiger partial charge in [-0.15, -0.1) is 12.4 Å². The van der Waals surface area contributed by atoms with E-state index in [0.29, 0.717) is 12.0 Å². The largest absolute Gasteiger partial charge is 1.00 e. The first-order chi connectivity index (χ1) is 5.33. The number of allylic oxidation sites excluding steroid dienone is 1. The molecule has 0 aliphatic rings. The van der Waals surface area contributed by atoms with Crippen molar-refractivity contribution >= 4 is 18.2 Å². The Morgan fingerprint density at radius 2 is 1.67 bits per heavy atom. The first-order valence-corrected chi connectivity index (χ1v) is 4.32. The van der Waals surface area contributed by atoms with Crippen LogP contribution >= 0.6 is 12.4 Å². The molecular weight excluding hydrogens is 235 g/mol. The highest BCUT2D eigenvalue weighted by Gasteiger charge is 2.08. The van der Waals surface area contributed by atoms with E-state index in [1.165, 1.54) is 0 Å². The van der Waals surface area contributed by atoms with Crippen molar-refractivity contribution < 1.29 is 21.7 Å². The van der Waals surface area contributed by atoms with E-state index in [0.717, 1.165) is 17.4 Å². The zero-order chi connectivity index (χ0) is 9.78. The summed E-state index contributed by atoms with van der Waals surface area (Å²) < 4.78 is 0.920. The monoisotopic (exact) mass is 258 g/mol. The van der Waals surface area contributed by atoms with Crippen molar-refractivity contribution in [3.8, 4) is 0 Å². The zero-order valence-electron chi connectivity index (χ0n) is 10.2. The quantitative estimate of drug-likeness (QED) is 0.519. The molecule has 0 radical (unpaired) electrons. The molecule has 0 fully saturated rings. The molecule has 0 aliphatic carbocycles. The predicted octanol–water partition coefficient (Wildman–Crippen LogP) is -0.794. The van der Waals surface area contributed by atoms with Gasteiger partial charge in [0.05, 0.1) is 27.7 Å². The Hall–Kier alpha value is -0.0900. The normalized spacial score (nSPS) is 9.07. The Morgan fingerprint density at radius 3 is 1.93 bits per heavy atom. The molecule has 0 saturated carbocycles. The first-order valence-electron chi connectivity index (χ1n) is 4.32. The van der Waals surface area contributed by atoms with Gasteiger partial charge < -0.3 is 23.0 Å². The second kappa shape index (κ2) is 10.4. The van der Waals surface area contributed by atoms with E-state index >= 15 is 0 Å². The smallest absolute Gasteiger partial charge is 0.158 e. The van der Waals surface area contributed by atoms with Gasteiger partial charge in [-0.3, -0.25) is 4.79 Å². The zero-order valence-corrected chi connectivity index (χ0v) is 11.7. The molecule has 0 spiro atoms. The molecule has 0 heterocycles. The molecule has 0 aliphatic heterocycles. The van der Waals surface area contributed by atoms with Gasteiger partial charge in [-0.1, -0.05) is 6.58 Å². The van der Waals surface area contributed by atoms with Crippen molar-refractivity contribution in [2.45, 2.75) is 19.8 Å². The molecule has 0 saturated heterocycles. The average molecular weight is 259 g/mol. The van der Waals surface area contributed by atoms with Gasteiger partial charge in [0, 0.05) is 12.8 Å². The van der Waals surface area contributed by atoms with Gasteiger partial charge in [0.15, 0.2) is 5.78 Å². The van der Waals surface area contributed by atoms with Gasteiger partial charge in [0.25, 0.3) is 0 Å². The van der Waals surface area contributed by atoms with Crippen LogP contribution < -0.4 is 18.6 Å². The summed E-state index contributed by atoms with van der Waals surface area (Å²) in [6.45, 7) is 6.43. The minimum absolute atomic E-state index is 0. The maximum Gasteiger partial charge on any atom is 0.158 e. The molecule has 15 heavy (non-hydrogen) atoms. The SMILES string of the molecule is C=C(C)C(=O)CCC[N+](C)(C)C.Cl.N.[Cl-]. The third kappa shape index (κ3) is 16.6. The van der Waals surface area contributed by atoms with E-state index in [9.17, 15) is 4.79 Å². The molecule has 0 bridgehead atoms. The van der Waals surface area contributed by atoms with Crippen molar-refractivity contribution in [2.24, 2.45) is 0 Å². The molecule has 0 unspecified atom stereocenters. The van der Waals surface area contributed by atoms with E-state index < -0.39 is 0 Å². The summed E-state index contributed by atoms with van der Waals surface area (Å²) in [4.78, 5) is 11.1. The average Bonchev–Trinajstić information content (AvgIpc) is 1.84. The summed E-state index contributed by atoms with van der Waals surface area (Å²) in [6, 6.07) is 0. The number of carbonyl (C=O) groups is 1. The van der Waals surface area contributed by atoms with Gasteiger partial charge in [-0.05, 0) is 12.5 Å². The highest BCUT2D eigenvalue weighted by molar-refractivity contribution is 5.93. The highest BCUT2D eigenvalue weighted by atomic mass is 35.5. The molecular formula is C10H24Cl2N2O. The number of Topliss-reactive ketones (excluding diaryl/α,β-unsaturated/α-hetero) is 1. The van der Waals surface area contributed by atoms with E-state index in [-0.39, 0.29) is 36.7 Å². The fourth-order valence-corrected chi connectivity index (χ4v) is 0.927. The molecule has 0 aromatic rings. The number of hydrogen-bond acceptors (Lipinski definition) is 2. The number of hydrogen-bond donors (Lipinski definition) is 1. The van der Waals surface area contributed by atoms with E-state index in [2.05, 4.69) is 27.7 Å². The number of ketones is 1. The lowest BCUT2D eigenvalue weighted by Gasteiger charge is -2.23. The predicted molar refractivity (Wildman–Crippen MR) is 64.2 cm³/mol. The van der Waals surface area contributed by atoms with Crippen LogP contribution in [0.4, 0.5) is 0 Å². The number of carbonyl (C=O) groups excluding carboxylic acids is 1. The minimum atomic E-state index is 0. The molecule has 3 N–H and O–H groups in total. The van der Waals surface area contributed by atoms with Crippen LogP contribution in [0.5, 0.6) is 0 Å². The summed E-state index contributed by atoms with van der Waals surface area (Å²) in [7, 11) is 6.39. The minimum Gasteiger partial charge on any atom is -1.00 e. The third-order valence-electron chi connectivity index (χ3n) is 1.71. The second-order valence-corrected chi connectivity index (χ2v) is 4.32. The van der Waals surface area contributed by atoms with Gasteiger partial charge in [-0.25, -0.2) is 0 Å². The number of rotatable bonds is 5. The summed E-state index contributed by atoms with van der Waals surface area (Å²) in [5, 5.41) is 0. The van der Waals surface area contributed by atoms with Crippen LogP contribution in [0.2, 0.25) is 0 Å². The Kier molecular flexibility index (Phi) is 16.9. The Morgan fingerprint density at radius 1 is 1.27 bits per heavy atom. The highest BCUT2D eigenvalue weighted by Crippen LogP contribution is 2.02. The molecule has 94 valence electrons. The molecule has 5 heteroatoms. The fraction of sp³-hybridized carbons (Fsp3) is 0.700. The maximum absolute atomic E-state index is 11.1. The van der Waals surface area contributed by atoms with Crippen molar-refractivity contribution in [3.63, 3.8) is 0 Å². The van der Waals surface area contributed by atoms with Crippen LogP contribution in [-0.2, 0) is 4.79 Å². The Labute approximate surface area is 106 Å². The molecule has 0 atom stereocenters. The van der Waals surface area contributed by atoms with Gasteiger partial charge in [0.1, 0.15) is 0 Å². The summed E-state index contributed by atoms with van der Waals surface area (Å²) in [5.41, 5.74) is 0.677. The van der Waals surface area contributed by atoms with Crippen molar-refractivity contribution in [1.82, 2.24) is 6.15 Å². The van der Waals surface area contributed by atoms with Crippen LogP contribution in [0.25, 0.3) is 0 Å². The summed E-state index contributed by atoms with van der Waals surface area (Å²) in [5.74, 6) is 0.198. The lowest BCUT2D eigenvalue weighted by molar-refractivity contribution is -0.870. The number of halogens is 2. The standard InChI is InChI=1S/C10H20NO.2ClH.H3N/c1-9(2)10(12)7-6-8-11(3,4)5;;;/h1,6-8H2,2-5H3;2*1H;1H3/q+1;;;/p-1. The topological polar surface area (TPSA) is 52.1 Å². The van der Waals surface area contributed by atoms with Crippen LogP contribution in [0.3, 0.4) is 0 Å². The van der Waals surface area contributed by atoms with Crippen LogP contribution in [0.15, 0.2) is 12.2 Å². The summed E-state index contributed by atoms with van der Waals surface area (Å²) >= 11 is 0. The van der Waals surface area contributed by atoms with Crippen LogP contribution in [0.1, 0.15) is 19.8 Å². The molecule has 0 rings (SSSR count). The Bertz CT molecular complexity index is 188. The Balaban J connectivity index is -0.000000202. The van der Waals surface area contributed by atoms with E-state index in [1.807, 2.05) is 0 Å². The summed E-state index contributed by atoms with van der Waals surface area (Å²) in [6.07, 6.45) is 1.60. The van der Waals surface area contributed by atoms with Gasteiger partial charge in [-0.2, -0.15) is 0 Å². The van der Waals surface area contributed by atoms with E-state index in [1.54, 1.807) is 6.92 Å². The van der Waals surface area contributed by atoms with Crippen molar-refractivity contribution in [3.05, 3.63) is 12.2 Å². The van der Waals surface area contributed by atoms with Crippen molar-refractivity contribution in [2.75, 3.05) is 27.7 Å². The molecule has 0 aromatic carbocycles. The first kappa shape index (κ1) is 24.2. The lowest BCUT2D eigenvalue weighted by atomic mass is 10.1. The van der Waals surface area contributed by atoms with Crippen LogP contribution in [-0.4, -0.2) is 38.0 Å². The number of nitrogens with zero attached hydrogens (tertiary/aromatic N) is 1. The van der Waals surface area contributed by atoms with Gasteiger partial charge in [0.2, 0.25) is 0 Å². The number of quaternary nitrogens is 1. The van der Waals surface area contributed by atoms with Gasteiger partial charge >= 0.3 is 0 Å². The van der Waals surface area contributed by atoms with Crippen molar-refractivity contribution in [1.29, 1.82) is 0 Å². The molecule has 3 nitrogen and oxygen atoms in total. The molecule has 0 amide bonds. The fourth-order valence-electron chi connectivity index (χ4n) is 0.927. The lowest BCUT2D eigenvalue weighted by Crippen LogP contribution is -3.00. The third-order valence-corrected chi connectivity index (χ3v) is 1.71. The maximum atomic E-state index is 11.1. The second-order valence-electron chi connectivity index (χ2n) is 4.32. The van der Waals surface area contributed by atoms with Crippen LogP contribution in [0, 0.1) is 0 Å².